The van der Waals surface area contributed by atoms with Gasteiger partial charge in [-0.1, -0.05) is 19.9 Å². The van der Waals surface area contributed by atoms with Crippen molar-refractivity contribution in [3.63, 3.8) is 0 Å². The Labute approximate surface area is 110 Å². The summed E-state index contributed by atoms with van der Waals surface area (Å²) in [7, 11) is 0. The summed E-state index contributed by atoms with van der Waals surface area (Å²) in [5, 5.41) is 3.40. The lowest BCUT2D eigenvalue weighted by Gasteiger charge is -2.13. The van der Waals surface area contributed by atoms with Crippen LogP contribution in [0.1, 0.15) is 45.2 Å². The molecule has 0 aliphatic heterocycles. The zero-order valence-corrected chi connectivity index (χ0v) is 11.5. The zero-order valence-electron chi connectivity index (χ0n) is 11.5. The zero-order chi connectivity index (χ0) is 12.8. The molecule has 1 aromatic heterocycles. The van der Waals surface area contributed by atoms with Crippen molar-refractivity contribution in [2.24, 2.45) is 5.92 Å². The van der Waals surface area contributed by atoms with Crippen molar-refractivity contribution < 1.29 is 4.74 Å². The van der Waals surface area contributed by atoms with Gasteiger partial charge in [0.05, 0.1) is 5.69 Å². The van der Waals surface area contributed by atoms with Gasteiger partial charge in [-0.05, 0) is 44.2 Å². The van der Waals surface area contributed by atoms with Crippen LogP contribution in [0, 0.1) is 5.92 Å². The van der Waals surface area contributed by atoms with Crippen LogP contribution in [-0.4, -0.2) is 17.6 Å². The van der Waals surface area contributed by atoms with Gasteiger partial charge in [-0.3, -0.25) is 0 Å². The van der Waals surface area contributed by atoms with Crippen molar-refractivity contribution >= 4 is 0 Å². The van der Waals surface area contributed by atoms with E-state index in [0.29, 0.717) is 12.0 Å². The molecule has 1 aromatic rings. The number of hydrogen-bond acceptors (Lipinski definition) is 3. The number of rotatable bonds is 6. The fourth-order valence-corrected chi connectivity index (χ4v) is 2.29. The van der Waals surface area contributed by atoms with Crippen LogP contribution in [0.2, 0.25) is 0 Å². The molecular formula is C15H24N2O. The molecule has 1 aliphatic carbocycles. The third-order valence-electron chi connectivity index (χ3n) is 3.23. The van der Waals surface area contributed by atoms with Crippen LogP contribution in [0.5, 0.6) is 5.88 Å². The maximum absolute atomic E-state index is 5.90. The largest absolute Gasteiger partial charge is 0.474 e. The first-order valence-corrected chi connectivity index (χ1v) is 7.07. The Morgan fingerprint density at radius 2 is 2.11 bits per heavy atom. The maximum Gasteiger partial charge on any atom is 0.213 e. The molecule has 0 aromatic carbocycles. The van der Waals surface area contributed by atoms with E-state index in [1.54, 1.807) is 0 Å². The lowest BCUT2D eigenvalue weighted by Crippen LogP contribution is -2.20. The van der Waals surface area contributed by atoms with E-state index in [2.05, 4.69) is 30.2 Å². The van der Waals surface area contributed by atoms with E-state index in [4.69, 9.17) is 4.74 Å². The van der Waals surface area contributed by atoms with Gasteiger partial charge >= 0.3 is 0 Å². The molecule has 0 radical (unpaired) electrons. The van der Waals surface area contributed by atoms with Gasteiger partial charge in [-0.15, -0.1) is 0 Å². The smallest absolute Gasteiger partial charge is 0.213 e. The molecule has 1 heterocycles. The summed E-state index contributed by atoms with van der Waals surface area (Å²) in [6, 6.07) is 6.04. The highest BCUT2D eigenvalue weighted by atomic mass is 16.5. The minimum absolute atomic E-state index is 0.386. The molecule has 0 atom stereocenters. The van der Waals surface area contributed by atoms with Crippen molar-refractivity contribution in [1.82, 2.24) is 10.3 Å². The van der Waals surface area contributed by atoms with Gasteiger partial charge in [-0.25, -0.2) is 4.98 Å². The highest BCUT2D eigenvalue weighted by Crippen LogP contribution is 2.22. The van der Waals surface area contributed by atoms with Crippen LogP contribution in [0.25, 0.3) is 0 Å². The quantitative estimate of drug-likeness (QED) is 0.839. The van der Waals surface area contributed by atoms with Gasteiger partial charge < -0.3 is 10.1 Å². The van der Waals surface area contributed by atoms with Gasteiger partial charge in [0.1, 0.15) is 6.10 Å². The van der Waals surface area contributed by atoms with Gasteiger partial charge in [0.15, 0.2) is 0 Å². The monoisotopic (exact) mass is 248 g/mol. The molecule has 100 valence electrons. The molecule has 0 unspecified atom stereocenters. The van der Waals surface area contributed by atoms with Crippen LogP contribution in [0.3, 0.4) is 0 Å². The van der Waals surface area contributed by atoms with E-state index in [1.165, 1.54) is 25.7 Å². The Morgan fingerprint density at radius 1 is 1.33 bits per heavy atom. The second-order valence-corrected chi connectivity index (χ2v) is 5.52. The highest BCUT2D eigenvalue weighted by molar-refractivity contribution is 5.16. The predicted molar refractivity (Wildman–Crippen MR) is 73.7 cm³/mol. The lowest BCUT2D eigenvalue weighted by molar-refractivity contribution is 0.201. The Bertz CT molecular complexity index is 359. The van der Waals surface area contributed by atoms with Gasteiger partial charge in [0.25, 0.3) is 0 Å². The van der Waals surface area contributed by atoms with Crippen molar-refractivity contribution in [2.45, 2.75) is 52.2 Å². The van der Waals surface area contributed by atoms with Crippen molar-refractivity contribution in [3.05, 3.63) is 23.9 Å². The Morgan fingerprint density at radius 3 is 2.83 bits per heavy atom. The first-order chi connectivity index (χ1) is 8.74. The molecule has 18 heavy (non-hydrogen) atoms. The molecule has 1 N–H and O–H groups in total. The van der Waals surface area contributed by atoms with Gasteiger partial charge in [0, 0.05) is 12.6 Å². The molecule has 1 aliphatic rings. The Kier molecular flexibility index (Phi) is 5.00. The fraction of sp³-hybridized carbons (Fsp3) is 0.667. The normalized spacial score (nSPS) is 16.4. The second kappa shape index (κ2) is 6.74. The topological polar surface area (TPSA) is 34.1 Å². The van der Waals surface area contributed by atoms with Gasteiger partial charge in [0.2, 0.25) is 5.88 Å². The van der Waals surface area contributed by atoms with Crippen LogP contribution in [0.15, 0.2) is 18.2 Å². The van der Waals surface area contributed by atoms with E-state index >= 15 is 0 Å². The third kappa shape index (κ3) is 4.30. The van der Waals surface area contributed by atoms with Crippen LogP contribution in [-0.2, 0) is 6.54 Å². The number of nitrogens with one attached hydrogen (secondary N) is 1. The summed E-state index contributed by atoms with van der Waals surface area (Å²) in [4.78, 5) is 4.55. The third-order valence-corrected chi connectivity index (χ3v) is 3.23. The molecule has 0 bridgehead atoms. The second-order valence-electron chi connectivity index (χ2n) is 5.52. The number of pyridine rings is 1. The molecule has 0 spiro atoms. The minimum atomic E-state index is 0.386. The highest BCUT2D eigenvalue weighted by Gasteiger charge is 2.16. The molecule has 2 rings (SSSR count). The fourth-order valence-electron chi connectivity index (χ4n) is 2.29. The van der Waals surface area contributed by atoms with E-state index < -0.39 is 0 Å². The number of aromatic nitrogens is 1. The maximum atomic E-state index is 5.90. The molecule has 0 saturated heterocycles. The van der Waals surface area contributed by atoms with Gasteiger partial charge in [-0.2, -0.15) is 0 Å². The molecule has 1 saturated carbocycles. The summed E-state index contributed by atoms with van der Waals surface area (Å²) < 4.78 is 5.90. The SMILES string of the molecule is CC(C)CNCc1cccc(OC2CCCC2)n1. The molecule has 1 fully saturated rings. The Hall–Kier alpha value is -1.09. The first-order valence-electron chi connectivity index (χ1n) is 7.07. The number of nitrogens with zero attached hydrogens (tertiary/aromatic N) is 1. The predicted octanol–water partition coefficient (Wildman–Crippen LogP) is 3.15. The average molecular weight is 248 g/mol. The molecule has 0 amide bonds. The van der Waals surface area contributed by atoms with Crippen LogP contribution < -0.4 is 10.1 Å². The number of ether oxygens (including phenoxy) is 1. The Balaban J connectivity index is 1.84. The first kappa shape index (κ1) is 13.3. The summed E-state index contributed by atoms with van der Waals surface area (Å²) in [5.74, 6) is 1.45. The van der Waals surface area contributed by atoms with Crippen molar-refractivity contribution in [2.75, 3.05) is 6.54 Å². The van der Waals surface area contributed by atoms with Crippen molar-refractivity contribution in [1.29, 1.82) is 0 Å². The van der Waals surface area contributed by atoms with E-state index in [1.807, 2.05) is 12.1 Å². The number of hydrogen-bond donors (Lipinski definition) is 1. The van der Waals surface area contributed by atoms with Crippen LogP contribution in [0.4, 0.5) is 0 Å². The molecular weight excluding hydrogens is 224 g/mol. The van der Waals surface area contributed by atoms with E-state index in [-0.39, 0.29) is 0 Å². The van der Waals surface area contributed by atoms with E-state index in [0.717, 1.165) is 24.7 Å². The lowest BCUT2D eigenvalue weighted by atomic mass is 10.2. The summed E-state index contributed by atoms with van der Waals surface area (Å²) >= 11 is 0. The molecule has 3 heteroatoms. The summed E-state index contributed by atoms with van der Waals surface area (Å²) in [5.41, 5.74) is 1.06. The average Bonchev–Trinajstić information content (AvgIpc) is 2.82. The molecule has 3 nitrogen and oxygen atoms in total. The van der Waals surface area contributed by atoms with Crippen molar-refractivity contribution in [3.8, 4) is 5.88 Å². The minimum Gasteiger partial charge on any atom is -0.474 e. The summed E-state index contributed by atoms with van der Waals surface area (Å²) in [6.07, 6.45) is 5.33. The van der Waals surface area contributed by atoms with Crippen LogP contribution >= 0.6 is 0 Å². The standard InChI is InChI=1S/C15H24N2O/c1-12(2)10-16-11-13-6-5-9-15(17-13)18-14-7-3-4-8-14/h5-6,9,12,14,16H,3-4,7-8,10-11H2,1-2H3. The summed E-state index contributed by atoms with van der Waals surface area (Å²) in [6.45, 7) is 6.26. The van der Waals surface area contributed by atoms with E-state index in [9.17, 15) is 0 Å².